The highest BCUT2D eigenvalue weighted by Gasteiger charge is 2.10. The molecule has 23 heavy (non-hydrogen) atoms. The molecule has 0 heterocycles. The Kier molecular flexibility index (Phi) is 12.3. The van der Waals surface area contributed by atoms with Crippen molar-refractivity contribution >= 4 is 5.78 Å². The smallest absolute Gasteiger partial charge is 0.168 e. The highest BCUT2D eigenvalue weighted by molar-refractivity contribution is 5.77. The maximum Gasteiger partial charge on any atom is 0.168 e. The van der Waals surface area contributed by atoms with Gasteiger partial charge in [0, 0.05) is 12.8 Å². The number of ether oxygens (including phenoxy) is 1. The average molecular weight is 324 g/mol. The van der Waals surface area contributed by atoms with Crippen molar-refractivity contribution in [1.82, 2.24) is 0 Å². The molecule has 0 aliphatic heterocycles. The van der Waals surface area contributed by atoms with Gasteiger partial charge >= 0.3 is 0 Å². The molecule has 1 aromatic carbocycles. The summed E-state index contributed by atoms with van der Waals surface area (Å²) in [6, 6.07) is 3.65. The molecule has 0 unspecified atom stereocenters. The fraction of sp³-hybridized carbons (Fsp3) is 0.650. The van der Waals surface area contributed by atoms with Crippen molar-refractivity contribution in [2.24, 2.45) is 0 Å². The van der Waals surface area contributed by atoms with E-state index in [2.05, 4.69) is 0 Å². The van der Waals surface area contributed by atoms with E-state index in [1.807, 2.05) is 40.7 Å². The minimum atomic E-state index is -0.223. The van der Waals surface area contributed by atoms with E-state index >= 15 is 0 Å². The van der Waals surface area contributed by atoms with Crippen molar-refractivity contribution in [2.45, 2.75) is 79.6 Å². The zero-order valence-electron chi connectivity index (χ0n) is 15.5. The Morgan fingerprint density at radius 2 is 1.83 bits per heavy atom. The summed E-state index contributed by atoms with van der Waals surface area (Å²) in [5, 5.41) is 0. The maximum atomic E-state index is 14.3. The van der Waals surface area contributed by atoms with Gasteiger partial charge in [0.2, 0.25) is 0 Å². The van der Waals surface area contributed by atoms with Crippen LogP contribution in [0.15, 0.2) is 12.1 Å². The van der Waals surface area contributed by atoms with Gasteiger partial charge in [0.25, 0.3) is 0 Å². The summed E-state index contributed by atoms with van der Waals surface area (Å²) in [4.78, 5) is 11.2. The third-order valence-corrected chi connectivity index (χ3v) is 3.52. The van der Waals surface area contributed by atoms with E-state index in [1.54, 1.807) is 6.07 Å². The first-order valence-corrected chi connectivity index (χ1v) is 9.02. The number of Topliss-reactive ketones (excluding diaryl/α,β-unsaturated/α-hetero) is 1. The lowest BCUT2D eigenvalue weighted by molar-refractivity contribution is -0.118. The maximum absolute atomic E-state index is 14.3. The summed E-state index contributed by atoms with van der Waals surface area (Å²) in [6.07, 6.45) is 5.61. The molecule has 0 saturated carbocycles. The molecule has 1 aromatic rings. The van der Waals surface area contributed by atoms with Crippen LogP contribution in [0, 0.1) is 12.7 Å². The van der Waals surface area contributed by atoms with Crippen LogP contribution in [0.25, 0.3) is 0 Å². The molecule has 2 nitrogen and oxygen atoms in total. The first-order valence-electron chi connectivity index (χ1n) is 9.02. The minimum absolute atomic E-state index is 0.223. The number of unbranched alkanes of at least 4 members (excludes halogenated alkanes) is 2. The zero-order chi connectivity index (χ0) is 17.7. The van der Waals surface area contributed by atoms with E-state index in [4.69, 9.17) is 4.74 Å². The van der Waals surface area contributed by atoms with E-state index < -0.39 is 0 Å². The van der Waals surface area contributed by atoms with Gasteiger partial charge in [-0.2, -0.15) is 0 Å². The Morgan fingerprint density at radius 3 is 2.43 bits per heavy atom. The van der Waals surface area contributed by atoms with Crippen LogP contribution in [-0.2, 0) is 11.2 Å². The lowest BCUT2D eigenvalue weighted by Gasteiger charge is -2.11. The Labute approximate surface area is 141 Å². The standard InChI is InChI=1S/C18H27FO2.C2H6/c1-4-11-21-17-13-14(3)12-15(18(17)19)9-7-6-8-10-16(20)5-2;1-2/h12-13H,4-11H2,1-3H3;1-2H3. The number of benzene rings is 1. The van der Waals surface area contributed by atoms with Crippen molar-refractivity contribution in [2.75, 3.05) is 6.61 Å². The third kappa shape index (κ3) is 8.73. The number of hydrogen-bond donors (Lipinski definition) is 0. The molecule has 1 rings (SSSR count). The van der Waals surface area contributed by atoms with Crippen LogP contribution in [0.3, 0.4) is 0 Å². The molecule has 132 valence electrons. The van der Waals surface area contributed by atoms with Gasteiger partial charge in [-0.15, -0.1) is 0 Å². The van der Waals surface area contributed by atoms with Gasteiger partial charge in [-0.25, -0.2) is 4.39 Å². The monoisotopic (exact) mass is 324 g/mol. The SMILES string of the molecule is CC.CCCOc1cc(C)cc(CCCCCC(=O)CC)c1F. The lowest BCUT2D eigenvalue weighted by Crippen LogP contribution is -2.02. The van der Waals surface area contributed by atoms with Crippen LogP contribution in [0.4, 0.5) is 4.39 Å². The van der Waals surface area contributed by atoms with Crippen molar-refractivity contribution in [3.05, 3.63) is 29.1 Å². The summed E-state index contributed by atoms with van der Waals surface area (Å²) in [6.45, 7) is 10.4. The predicted octanol–water partition coefficient (Wildman–Crippen LogP) is 6.03. The van der Waals surface area contributed by atoms with Gasteiger partial charge in [-0.1, -0.05) is 40.2 Å². The highest BCUT2D eigenvalue weighted by Crippen LogP contribution is 2.24. The van der Waals surface area contributed by atoms with Crippen LogP contribution in [0.1, 0.15) is 77.3 Å². The molecule has 3 heteroatoms. The van der Waals surface area contributed by atoms with Gasteiger partial charge in [0.05, 0.1) is 6.61 Å². The Bertz CT molecular complexity index is 455. The number of ketones is 1. The number of aryl methyl sites for hydroxylation is 2. The summed E-state index contributed by atoms with van der Waals surface area (Å²) in [5.74, 6) is 0.457. The molecule has 0 aliphatic rings. The van der Waals surface area contributed by atoms with Crippen molar-refractivity contribution in [3.8, 4) is 5.75 Å². The van der Waals surface area contributed by atoms with Crippen LogP contribution in [-0.4, -0.2) is 12.4 Å². The molecule has 0 N–H and O–H groups in total. The van der Waals surface area contributed by atoms with Gasteiger partial charge in [0.15, 0.2) is 11.6 Å². The lowest BCUT2D eigenvalue weighted by atomic mass is 10.0. The van der Waals surface area contributed by atoms with E-state index in [9.17, 15) is 9.18 Å². The van der Waals surface area contributed by atoms with E-state index in [1.165, 1.54) is 0 Å². The van der Waals surface area contributed by atoms with Crippen LogP contribution in [0.2, 0.25) is 0 Å². The van der Waals surface area contributed by atoms with E-state index in [-0.39, 0.29) is 5.82 Å². The summed E-state index contributed by atoms with van der Waals surface area (Å²) < 4.78 is 19.8. The minimum Gasteiger partial charge on any atom is -0.491 e. The molecule has 0 aliphatic carbocycles. The van der Waals surface area contributed by atoms with Crippen molar-refractivity contribution in [1.29, 1.82) is 0 Å². The fourth-order valence-corrected chi connectivity index (χ4v) is 2.30. The molecule has 0 amide bonds. The van der Waals surface area contributed by atoms with E-state index in [0.29, 0.717) is 37.4 Å². The van der Waals surface area contributed by atoms with Crippen LogP contribution >= 0.6 is 0 Å². The Balaban J connectivity index is 0.00000232. The quantitative estimate of drug-likeness (QED) is 0.491. The first kappa shape index (κ1) is 21.6. The molecule has 0 radical (unpaired) electrons. The average Bonchev–Trinajstić information content (AvgIpc) is 2.57. The molecule has 0 saturated heterocycles. The zero-order valence-corrected chi connectivity index (χ0v) is 15.5. The van der Waals surface area contributed by atoms with Crippen LogP contribution < -0.4 is 4.74 Å². The molecular formula is C20H33FO2. The van der Waals surface area contributed by atoms with Crippen molar-refractivity contribution < 1.29 is 13.9 Å². The second-order valence-corrected chi connectivity index (χ2v) is 5.54. The molecule has 0 atom stereocenters. The Morgan fingerprint density at radius 1 is 1.13 bits per heavy atom. The topological polar surface area (TPSA) is 26.3 Å². The second kappa shape index (κ2) is 13.1. The number of carbonyl (C=O) groups is 1. The fourth-order valence-electron chi connectivity index (χ4n) is 2.30. The second-order valence-electron chi connectivity index (χ2n) is 5.54. The predicted molar refractivity (Wildman–Crippen MR) is 95.7 cm³/mol. The van der Waals surface area contributed by atoms with Gasteiger partial charge in [-0.05, 0) is 49.8 Å². The molecule has 0 aromatic heterocycles. The molecule has 0 fully saturated rings. The normalized spacial score (nSPS) is 10.0. The summed E-state index contributed by atoms with van der Waals surface area (Å²) in [5.41, 5.74) is 1.75. The first-order chi connectivity index (χ1) is 11.1. The van der Waals surface area contributed by atoms with Crippen molar-refractivity contribution in [3.63, 3.8) is 0 Å². The van der Waals surface area contributed by atoms with Crippen LogP contribution in [0.5, 0.6) is 5.75 Å². The number of hydrogen-bond acceptors (Lipinski definition) is 2. The summed E-state index contributed by atoms with van der Waals surface area (Å²) in [7, 11) is 0. The number of carbonyl (C=O) groups excluding carboxylic acids is 1. The number of halogens is 1. The third-order valence-electron chi connectivity index (χ3n) is 3.52. The van der Waals surface area contributed by atoms with Gasteiger partial charge in [-0.3, -0.25) is 4.79 Å². The highest BCUT2D eigenvalue weighted by atomic mass is 19.1. The van der Waals surface area contributed by atoms with Gasteiger partial charge in [0.1, 0.15) is 5.78 Å². The number of rotatable bonds is 10. The summed E-state index contributed by atoms with van der Waals surface area (Å²) >= 11 is 0. The molecule has 0 spiro atoms. The Hall–Kier alpha value is -1.38. The van der Waals surface area contributed by atoms with Gasteiger partial charge < -0.3 is 4.74 Å². The van der Waals surface area contributed by atoms with E-state index in [0.717, 1.165) is 36.8 Å². The largest absolute Gasteiger partial charge is 0.491 e. The molecule has 0 bridgehead atoms. The molecular weight excluding hydrogens is 291 g/mol.